The molecule has 0 saturated carbocycles. The molecule has 0 unspecified atom stereocenters. The number of aryl methyl sites for hydroxylation is 1. The Bertz CT molecular complexity index is 6820. The number of ether oxygens (including phenoxy) is 1. The molecule has 0 saturated heterocycles. The second kappa shape index (κ2) is 26.0. The molecule has 15 rings (SSSR count). The van der Waals surface area contributed by atoms with Crippen molar-refractivity contribution in [3.8, 4) is 73.2 Å². The van der Waals surface area contributed by atoms with E-state index in [4.69, 9.17) is 26.2 Å². The minimum atomic E-state index is -6.41. The van der Waals surface area contributed by atoms with E-state index in [0.717, 1.165) is 16.7 Å². The van der Waals surface area contributed by atoms with Crippen LogP contribution in [0.4, 0.5) is 0 Å². The molecule has 0 fully saturated rings. The van der Waals surface area contributed by atoms with Crippen molar-refractivity contribution in [1.82, 2.24) is 14.1 Å². The van der Waals surface area contributed by atoms with Crippen molar-refractivity contribution in [3.63, 3.8) is 0 Å². The van der Waals surface area contributed by atoms with Gasteiger partial charge in [0.15, 0.2) is 8.07 Å². The van der Waals surface area contributed by atoms with Crippen molar-refractivity contribution in [2.45, 2.75) is 85.4 Å². The maximum atomic E-state index is 10.4. The molecule has 0 aliphatic rings. The van der Waals surface area contributed by atoms with Crippen LogP contribution in [-0.2, 0) is 37.3 Å². The number of imidazole rings is 1. The molecule has 12 aromatic carbocycles. The van der Waals surface area contributed by atoms with Crippen LogP contribution in [0.15, 0.2) is 291 Å². The maximum Gasteiger partial charge on any atom is 0.268 e. The van der Waals surface area contributed by atoms with Crippen LogP contribution in [0.2, 0.25) is 0 Å². The summed E-state index contributed by atoms with van der Waals surface area (Å²) in [6.45, 7) is 15.4. The van der Waals surface area contributed by atoms with Gasteiger partial charge in [0.05, 0.1) is 51.0 Å². The molecule has 0 amide bonds. The molecule has 0 spiro atoms. The number of benzene rings is 12. The summed E-state index contributed by atoms with van der Waals surface area (Å²) in [6.07, 6.45) is 4.76. The number of para-hydroxylation sites is 1. The molecule has 98 heavy (non-hydrogen) atoms. The SMILES string of the molecule is [2H]c1c([2H])c([2H])c(-c2cc(-c3cccc(C(C)(C)C)c3)c(-[n+]3[c-]n(-c4[c-]c(Oc5[c-]c6c(cc5)c5ccccc5n6-c5cc(C([2H])([2H])[2H])c(-c6c([2H])c([2H])c([2H])c([2H])c6[2H])cn5)ccc4)c4cc(-c5cc(C(C)(C)C)cc(C(C)(C)C)c5)ccc43)c([Si](c3c([2H])c([2H])c([2H])c([2H])c3[2H])(c3c([2H])c([2H])c([2H])c([2H])c3[2H])c3c([2H])c([2H])c([2H])c([2H])c3[2H])c2)c([2H])c1[2H].[Pt]. The van der Waals surface area contributed by atoms with Gasteiger partial charge in [-0.25, -0.2) is 4.98 Å². The van der Waals surface area contributed by atoms with E-state index in [1.54, 1.807) is 75.9 Å². The zero-order valence-corrected chi connectivity index (χ0v) is 58.1. The van der Waals surface area contributed by atoms with E-state index < -0.39 is 209 Å². The van der Waals surface area contributed by atoms with Crippen LogP contribution in [-0.4, -0.2) is 22.2 Å². The summed E-state index contributed by atoms with van der Waals surface area (Å²) < 4.78 is 275. The number of nitrogens with zero attached hydrogens (tertiary/aromatic N) is 4. The summed E-state index contributed by atoms with van der Waals surface area (Å²) in [6, 6.07) is 21.9. The van der Waals surface area contributed by atoms with Crippen LogP contribution >= 0.6 is 0 Å². The molecule has 7 heteroatoms. The average molecular weight is 1490 g/mol. The molecule has 0 aliphatic carbocycles. The first-order valence-corrected chi connectivity index (χ1v) is 33.4. The fourth-order valence-corrected chi connectivity index (χ4v) is 16.6. The number of pyridine rings is 1. The Morgan fingerprint density at radius 1 is 0.459 bits per heavy atom. The molecule has 3 heterocycles. The Morgan fingerprint density at radius 2 is 1.03 bits per heavy atom. The minimum Gasteiger partial charge on any atom is -0.510 e. The Hall–Kier alpha value is -10.2. The minimum absolute atomic E-state index is 0. The van der Waals surface area contributed by atoms with Crippen LogP contribution < -0.4 is 30.1 Å². The van der Waals surface area contributed by atoms with Crippen molar-refractivity contribution in [3.05, 3.63) is 331 Å². The molecule has 15 aromatic rings. The van der Waals surface area contributed by atoms with Crippen LogP contribution in [0.3, 0.4) is 0 Å². The summed E-state index contributed by atoms with van der Waals surface area (Å²) in [4.78, 5) is 4.74. The van der Waals surface area contributed by atoms with Gasteiger partial charge >= 0.3 is 0 Å². The van der Waals surface area contributed by atoms with E-state index >= 15 is 0 Å². The normalized spacial score (nSPS) is 16.3. The summed E-state index contributed by atoms with van der Waals surface area (Å²) >= 11 is 0. The first kappa shape index (κ1) is 39.8. The molecule has 3 aromatic heterocycles. The Balaban J connectivity index is 0.0000129. The van der Waals surface area contributed by atoms with E-state index in [9.17, 15) is 21.9 Å². The Kier molecular flexibility index (Phi) is 10.6. The van der Waals surface area contributed by atoms with Gasteiger partial charge in [-0.2, -0.15) is 18.2 Å². The van der Waals surface area contributed by atoms with Gasteiger partial charge in [0.2, 0.25) is 0 Å². The first-order valence-electron chi connectivity index (χ1n) is 45.4. The van der Waals surface area contributed by atoms with Gasteiger partial charge in [0, 0.05) is 54.0 Å². The summed E-state index contributed by atoms with van der Waals surface area (Å²) in [5.74, 6) is 0.166. The molecule has 0 N–H and O–H groups in total. The van der Waals surface area contributed by atoms with Gasteiger partial charge in [-0.15, -0.1) is 29.7 Å². The topological polar surface area (TPSA) is 35.9 Å². The number of hydrogen-bond donors (Lipinski definition) is 0. The van der Waals surface area contributed by atoms with Crippen molar-refractivity contribution < 1.29 is 68.8 Å². The molecule has 0 radical (unpaired) electrons. The predicted octanol–water partition coefficient (Wildman–Crippen LogP) is 19.8. The van der Waals surface area contributed by atoms with Crippen LogP contribution in [0.25, 0.3) is 94.5 Å². The van der Waals surface area contributed by atoms with Crippen molar-refractivity contribution in [1.29, 1.82) is 0 Å². The number of rotatable bonds is 13. The molecule has 0 atom stereocenters. The molecule has 0 bridgehead atoms. The molecule has 5 nitrogen and oxygen atoms in total. The second-order valence-electron chi connectivity index (χ2n) is 26.8. The van der Waals surface area contributed by atoms with Gasteiger partial charge in [-0.1, -0.05) is 298 Å². The first-order chi connectivity index (χ1) is 58.4. The van der Waals surface area contributed by atoms with Crippen molar-refractivity contribution >= 4 is 61.7 Å². The Labute approximate surface area is 632 Å². The van der Waals surface area contributed by atoms with Crippen LogP contribution in [0.5, 0.6) is 11.5 Å². The zero-order valence-electron chi connectivity index (χ0n) is 82.8. The van der Waals surface area contributed by atoms with Crippen LogP contribution in [0.1, 0.15) is 123 Å². The second-order valence-corrected chi connectivity index (χ2v) is 30.3. The van der Waals surface area contributed by atoms with Gasteiger partial charge in [-0.05, 0) is 140 Å². The predicted molar refractivity (Wildman–Crippen MR) is 406 cm³/mol. The standard InChI is InChI=1S/C91H78N4OSi.Pt/c1-62-50-87(92-60-81(62)64-32-18-12-19-33-64)95-82-45-27-26-44-78(82)79-48-47-74(59-84(79)95)96-73-37-29-36-72(58-73)93-61-94(83-49-46-65(55-85(83)93)67-52-70(90(5,6)7)57-71(53-67)91(8,9)10)88-80(66-34-28-35-69(51-66)89(2,3)4)54-68(63-30-16-11-17-31-63)56-86(88)97(75-38-20-13-21-39-75,76-40-22-14-23-41-76)77-42-24-15-25-43-77;/h11-57,60H,1-10H3;/q-2;/i1D3,11D,12D,13D,14D,15D,16D,17D,18D,19D,20D,21D,22D,23D,24D,25D,30D,31D,32D,33D,38D,39D,40D,41D,42D,43D;. The van der Waals surface area contributed by atoms with E-state index in [-0.39, 0.29) is 94.2 Å². The van der Waals surface area contributed by atoms with Gasteiger partial charge in [0.25, 0.3) is 6.33 Å². The monoisotopic (exact) mass is 1490 g/mol. The fraction of sp³-hybridized carbons (Fsp3) is 0.143. The third-order valence-electron chi connectivity index (χ3n) is 17.5. The molecule has 0 aliphatic heterocycles. The Morgan fingerprint density at radius 3 is 1.65 bits per heavy atom. The molecular weight excluding hydrogens is 1390 g/mol. The third-order valence-corrected chi connectivity index (χ3v) is 21.7. The van der Waals surface area contributed by atoms with E-state index in [1.165, 1.54) is 29.0 Å². The van der Waals surface area contributed by atoms with E-state index in [1.807, 2.05) is 51.1 Å². The summed E-state index contributed by atoms with van der Waals surface area (Å²) in [5, 5.41) is -1.85. The van der Waals surface area contributed by atoms with E-state index in [0.29, 0.717) is 32.9 Å². The van der Waals surface area contributed by atoms with E-state index in [2.05, 4.69) is 78.2 Å². The molecular formula is C91H78N4OPtSi-2. The number of fused-ring (bicyclic) bond motifs is 4. The summed E-state index contributed by atoms with van der Waals surface area (Å²) in [5.41, 5.74) is 2.24. The van der Waals surface area contributed by atoms with Crippen molar-refractivity contribution in [2.75, 3.05) is 0 Å². The van der Waals surface area contributed by atoms with Gasteiger partial charge in [0.1, 0.15) is 5.82 Å². The zero-order chi connectivity index (χ0) is 91.1. The largest absolute Gasteiger partial charge is 0.510 e. The van der Waals surface area contributed by atoms with Crippen molar-refractivity contribution in [2.24, 2.45) is 0 Å². The van der Waals surface area contributed by atoms with Crippen LogP contribution in [0, 0.1) is 25.3 Å². The van der Waals surface area contributed by atoms with Gasteiger partial charge in [-0.3, -0.25) is 4.57 Å². The number of aromatic nitrogens is 4. The summed E-state index contributed by atoms with van der Waals surface area (Å²) in [7, 11) is -6.41. The molecule has 484 valence electrons. The average Bonchev–Trinajstić information content (AvgIpc) is 0.820. The maximum absolute atomic E-state index is 10.4. The fourth-order valence-electron chi connectivity index (χ4n) is 12.5. The smallest absolute Gasteiger partial charge is 0.268 e. The third kappa shape index (κ3) is 12.1. The van der Waals surface area contributed by atoms with Gasteiger partial charge < -0.3 is 13.9 Å². The number of hydrogen-bond acceptors (Lipinski definition) is 2. The quantitative estimate of drug-likeness (QED) is 0.0499.